The van der Waals surface area contributed by atoms with Gasteiger partial charge < -0.3 is 24.6 Å². The van der Waals surface area contributed by atoms with E-state index in [1.807, 2.05) is 0 Å². The lowest BCUT2D eigenvalue weighted by Gasteiger charge is -2.46. The van der Waals surface area contributed by atoms with E-state index < -0.39 is 23.2 Å². The van der Waals surface area contributed by atoms with Crippen molar-refractivity contribution in [2.24, 2.45) is 11.3 Å². The van der Waals surface area contributed by atoms with E-state index in [0.717, 1.165) is 68.1 Å². The van der Waals surface area contributed by atoms with Crippen molar-refractivity contribution in [2.45, 2.75) is 122 Å². The van der Waals surface area contributed by atoms with Crippen LogP contribution in [0.1, 0.15) is 125 Å². The summed E-state index contributed by atoms with van der Waals surface area (Å²) in [4.78, 5) is 28.9. The van der Waals surface area contributed by atoms with E-state index in [2.05, 4.69) is 38.1 Å². The number of aliphatic hydroxyl groups is 2. The highest BCUT2D eigenvalue weighted by molar-refractivity contribution is 5.99. The van der Waals surface area contributed by atoms with Gasteiger partial charge in [0, 0.05) is 37.2 Å². The minimum atomic E-state index is -1.16. The smallest absolute Gasteiger partial charge is 0.409 e. The average molecular weight is 598 g/mol. The number of aliphatic hydroxyl groups excluding tert-OH is 1. The monoisotopic (exact) mass is 597 g/mol. The van der Waals surface area contributed by atoms with Crippen LogP contribution < -0.4 is 0 Å². The number of amides is 1. The first kappa shape index (κ1) is 33.7. The summed E-state index contributed by atoms with van der Waals surface area (Å²) in [6, 6.07) is 6.25. The standard InChI is InChI=1S/C36H55NO6/c1-5-43-34(40)37(21-10-22-42-4)25-36(41)20-18-32-30-17-15-27(24-31(30)33(39)28-12-7-6-8-13-28)23-29(38)16-14-26(2)11-9-19-35(32,36)3/h11,15,17,24,28-29,32,38,41H,5-10,12-14,16,18-23,25H2,1-4H3. The highest BCUT2D eigenvalue weighted by Crippen LogP contribution is 2.59. The van der Waals surface area contributed by atoms with Gasteiger partial charge in [-0.2, -0.15) is 0 Å². The number of carbonyl (C=O) groups is 2. The molecule has 0 heterocycles. The molecule has 7 nitrogen and oxygen atoms in total. The van der Waals surface area contributed by atoms with E-state index in [4.69, 9.17) is 9.47 Å². The van der Waals surface area contributed by atoms with Crippen LogP contribution in [-0.4, -0.2) is 72.1 Å². The lowest BCUT2D eigenvalue weighted by Crippen LogP contribution is -2.54. The van der Waals surface area contributed by atoms with Crippen molar-refractivity contribution in [1.82, 2.24) is 4.90 Å². The van der Waals surface area contributed by atoms with Crippen LogP contribution in [0.2, 0.25) is 0 Å². The molecule has 1 aromatic rings. The number of rotatable bonds is 9. The second-order valence-corrected chi connectivity index (χ2v) is 13.6. The largest absolute Gasteiger partial charge is 0.450 e. The van der Waals surface area contributed by atoms with Crippen LogP contribution in [0.3, 0.4) is 0 Å². The second kappa shape index (κ2) is 15.2. The summed E-state index contributed by atoms with van der Waals surface area (Å²) in [5.74, 6) is 0.210. The molecule has 0 aliphatic heterocycles. The summed E-state index contributed by atoms with van der Waals surface area (Å²) in [5, 5.41) is 23.5. The summed E-state index contributed by atoms with van der Waals surface area (Å²) < 4.78 is 10.7. The molecule has 2 saturated carbocycles. The fraction of sp³-hybridized carbons (Fsp3) is 0.722. The zero-order valence-electron chi connectivity index (χ0n) is 27.0. The highest BCUT2D eigenvalue weighted by atomic mass is 16.6. The SMILES string of the molecule is CCOC(=O)N(CCCOC)CC1(O)CCC2c3ccc(cc3C(=O)C3CCCCC3)CC(O)CCC(C)=CCCC21C. The third-order valence-corrected chi connectivity index (χ3v) is 10.7. The lowest BCUT2D eigenvalue weighted by molar-refractivity contribution is -0.0814. The highest BCUT2D eigenvalue weighted by Gasteiger charge is 2.57. The van der Waals surface area contributed by atoms with E-state index in [0.29, 0.717) is 38.8 Å². The van der Waals surface area contributed by atoms with Gasteiger partial charge in [0.15, 0.2) is 5.78 Å². The van der Waals surface area contributed by atoms with Crippen LogP contribution in [0.25, 0.3) is 0 Å². The molecule has 5 rings (SSSR count). The van der Waals surface area contributed by atoms with Gasteiger partial charge in [-0.05, 0) is 101 Å². The Morgan fingerprint density at radius 1 is 1.09 bits per heavy atom. The van der Waals surface area contributed by atoms with Crippen molar-refractivity contribution < 1.29 is 29.3 Å². The van der Waals surface area contributed by atoms with Crippen molar-refractivity contribution >= 4 is 11.9 Å². The molecule has 1 amide bonds. The van der Waals surface area contributed by atoms with Gasteiger partial charge in [0.25, 0.3) is 0 Å². The zero-order valence-corrected chi connectivity index (χ0v) is 27.0. The van der Waals surface area contributed by atoms with E-state index in [-0.39, 0.29) is 30.8 Å². The van der Waals surface area contributed by atoms with E-state index >= 15 is 0 Å². The Labute approximate surface area is 259 Å². The zero-order chi connectivity index (χ0) is 31.0. The third kappa shape index (κ3) is 7.90. The first-order valence-electron chi connectivity index (χ1n) is 16.8. The summed E-state index contributed by atoms with van der Waals surface area (Å²) in [6.07, 6.45) is 12.0. The van der Waals surface area contributed by atoms with E-state index in [1.165, 1.54) is 12.0 Å². The number of hydrogen-bond donors (Lipinski definition) is 2. The maximum absolute atomic E-state index is 14.2. The van der Waals surface area contributed by atoms with Gasteiger partial charge in [-0.25, -0.2) is 4.79 Å². The lowest BCUT2D eigenvalue weighted by atomic mass is 9.64. The molecule has 4 atom stereocenters. The molecule has 4 aliphatic carbocycles. The van der Waals surface area contributed by atoms with Crippen molar-refractivity contribution in [3.63, 3.8) is 0 Å². The quantitative estimate of drug-likeness (QED) is 0.181. The number of ether oxygens (including phenoxy) is 2. The van der Waals surface area contributed by atoms with Gasteiger partial charge in [0.1, 0.15) is 0 Å². The van der Waals surface area contributed by atoms with Gasteiger partial charge in [-0.1, -0.05) is 50.0 Å². The van der Waals surface area contributed by atoms with Gasteiger partial charge in [-0.15, -0.1) is 0 Å². The summed E-state index contributed by atoms with van der Waals surface area (Å²) in [7, 11) is 1.65. The van der Waals surface area contributed by atoms with Crippen LogP contribution in [0.4, 0.5) is 4.79 Å². The van der Waals surface area contributed by atoms with Gasteiger partial charge in [0.2, 0.25) is 0 Å². The number of hydrogen-bond acceptors (Lipinski definition) is 6. The van der Waals surface area contributed by atoms with Crippen molar-refractivity contribution in [3.05, 3.63) is 46.5 Å². The molecule has 4 aliphatic rings. The Kier molecular flexibility index (Phi) is 11.9. The average Bonchev–Trinajstić information content (AvgIpc) is 3.25. The van der Waals surface area contributed by atoms with Crippen LogP contribution in [0, 0.1) is 11.3 Å². The van der Waals surface area contributed by atoms with Gasteiger partial charge in [-0.3, -0.25) is 4.79 Å². The predicted octanol–water partition coefficient (Wildman–Crippen LogP) is 6.98. The Morgan fingerprint density at radius 2 is 1.86 bits per heavy atom. The van der Waals surface area contributed by atoms with Crippen LogP contribution in [0.5, 0.6) is 0 Å². The molecule has 2 N–H and O–H groups in total. The van der Waals surface area contributed by atoms with E-state index in [1.54, 1.807) is 18.9 Å². The van der Waals surface area contributed by atoms with Crippen molar-refractivity contribution in [2.75, 3.05) is 33.4 Å². The molecule has 0 saturated heterocycles. The number of carbonyl (C=O) groups excluding carboxylic acids is 2. The molecule has 4 unspecified atom stereocenters. The summed E-state index contributed by atoms with van der Waals surface area (Å²) >= 11 is 0. The molecule has 1 aromatic carbocycles. The summed E-state index contributed by atoms with van der Waals surface area (Å²) in [5.41, 5.74) is 2.30. The second-order valence-electron chi connectivity index (χ2n) is 13.6. The Balaban J connectivity index is 1.77. The molecule has 0 spiro atoms. The summed E-state index contributed by atoms with van der Waals surface area (Å²) in [6.45, 7) is 7.50. The number of benzene rings is 1. The number of fused-ring (bicyclic) bond motifs is 8. The molecular formula is C36H55NO6. The Hall–Kier alpha value is -2.22. The minimum absolute atomic E-state index is 0.0313. The molecular weight excluding hydrogens is 542 g/mol. The number of nitrogens with zero attached hydrogens (tertiary/aromatic N) is 1. The first-order valence-corrected chi connectivity index (χ1v) is 16.8. The maximum Gasteiger partial charge on any atom is 0.409 e. The normalized spacial score (nSPS) is 28.6. The number of allylic oxidation sites excluding steroid dienone is 2. The Morgan fingerprint density at radius 3 is 2.58 bits per heavy atom. The van der Waals surface area contributed by atoms with Crippen LogP contribution >= 0.6 is 0 Å². The fourth-order valence-electron chi connectivity index (χ4n) is 7.96. The number of ketones is 1. The minimum Gasteiger partial charge on any atom is -0.450 e. The predicted molar refractivity (Wildman–Crippen MR) is 169 cm³/mol. The molecule has 2 bridgehead atoms. The van der Waals surface area contributed by atoms with Crippen molar-refractivity contribution in [3.8, 4) is 0 Å². The van der Waals surface area contributed by atoms with Gasteiger partial charge >= 0.3 is 6.09 Å². The Bertz CT molecular complexity index is 1130. The van der Waals surface area contributed by atoms with Crippen molar-refractivity contribution in [1.29, 1.82) is 0 Å². The number of methoxy groups -OCH3 is 1. The fourth-order valence-corrected chi connectivity index (χ4v) is 7.96. The molecule has 2 fully saturated rings. The van der Waals surface area contributed by atoms with Gasteiger partial charge in [0.05, 0.1) is 24.9 Å². The molecule has 240 valence electrons. The maximum atomic E-state index is 14.2. The first-order chi connectivity index (χ1) is 20.6. The van der Waals surface area contributed by atoms with Crippen LogP contribution in [-0.2, 0) is 15.9 Å². The molecule has 43 heavy (non-hydrogen) atoms. The van der Waals surface area contributed by atoms with Crippen LogP contribution in [0.15, 0.2) is 29.8 Å². The molecule has 0 radical (unpaired) electrons. The van der Waals surface area contributed by atoms with E-state index in [9.17, 15) is 19.8 Å². The topological polar surface area (TPSA) is 96.3 Å². The third-order valence-electron chi connectivity index (χ3n) is 10.7. The number of Topliss-reactive ketones (excluding diaryl/α,β-unsaturated/α-hetero) is 1. The molecule has 7 heteroatoms. The molecule has 0 aromatic heterocycles.